The zero-order valence-electron chi connectivity index (χ0n) is 14.8. The number of carbonyl (C=O) groups excluding carboxylic acids is 1. The van der Waals surface area contributed by atoms with Gasteiger partial charge in [0.1, 0.15) is 6.33 Å². The van der Waals surface area contributed by atoms with E-state index in [4.69, 9.17) is 0 Å². The Labute approximate surface area is 153 Å². The molecular weight excluding hydrogens is 330 g/mol. The number of aliphatic hydroxyl groups is 1. The van der Waals surface area contributed by atoms with Gasteiger partial charge in [-0.3, -0.25) is 14.8 Å². The molecule has 4 rings (SSSR count). The van der Waals surface area contributed by atoms with E-state index in [1.165, 1.54) is 6.33 Å². The Balaban J connectivity index is 1.43. The van der Waals surface area contributed by atoms with Gasteiger partial charge in [-0.05, 0) is 38.3 Å². The maximum Gasteiger partial charge on any atom is 0.254 e. The van der Waals surface area contributed by atoms with Crippen LogP contribution in [0.15, 0.2) is 30.6 Å². The van der Waals surface area contributed by atoms with Crippen LogP contribution in [-0.2, 0) is 0 Å². The van der Waals surface area contributed by atoms with E-state index < -0.39 is 0 Å². The van der Waals surface area contributed by atoms with Gasteiger partial charge in [-0.25, -0.2) is 4.98 Å². The minimum atomic E-state index is -0.197. The minimum Gasteiger partial charge on any atom is -0.392 e. The normalized spacial score (nSPS) is 22.5. The van der Waals surface area contributed by atoms with E-state index in [1.807, 2.05) is 29.2 Å². The lowest BCUT2D eigenvalue weighted by molar-refractivity contribution is 0.0241. The molecule has 0 spiro atoms. The highest BCUT2D eigenvalue weighted by Crippen LogP contribution is 2.25. The van der Waals surface area contributed by atoms with E-state index in [-0.39, 0.29) is 12.0 Å². The van der Waals surface area contributed by atoms with Crippen molar-refractivity contribution in [1.29, 1.82) is 0 Å². The van der Waals surface area contributed by atoms with Gasteiger partial charge in [-0.1, -0.05) is 18.2 Å². The zero-order valence-corrected chi connectivity index (χ0v) is 14.8. The van der Waals surface area contributed by atoms with Crippen LogP contribution in [0.25, 0.3) is 11.4 Å². The average molecular weight is 355 g/mol. The lowest BCUT2D eigenvalue weighted by atomic mass is 9.98. The maximum atomic E-state index is 13.1. The Bertz CT molecular complexity index is 740. The number of nitrogens with one attached hydrogen (secondary N) is 1. The molecule has 138 valence electrons. The molecule has 1 atom stereocenters. The third-order valence-electron chi connectivity index (χ3n) is 5.52. The molecule has 0 radical (unpaired) electrons. The number of carbonyl (C=O) groups is 1. The third kappa shape index (κ3) is 3.50. The molecule has 1 aromatic heterocycles. The van der Waals surface area contributed by atoms with Crippen LogP contribution < -0.4 is 0 Å². The summed E-state index contributed by atoms with van der Waals surface area (Å²) < 4.78 is 0. The molecular formula is C19H25N5O2. The van der Waals surface area contributed by atoms with Gasteiger partial charge in [0.25, 0.3) is 5.91 Å². The number of rotatable bonds is 3. The summed E-state index contributed by atoms with van der Waals surface area (Å²) in [6, 6.07) is 8.01. The molecule has 3 heterocycles. The van der Waals surface area contributed by atoms with Crippen molar-refractivity contribution >= 4 is 5.91 Å². The van der Waals surface area contributed by atoms with Crippen molar-refractivity contribution in [2.45, 2.75) is 37.8 Å². The number of hydrogen-bond donors (Lipinski definition) is 2. The lowest BCUT2D eigenvalue weighted by Gasteiger charge is -2.41. The summed E-state index contributed by atoms with van der Waals surface area (Å²) in [7, 11) is 0. The number of piperidine rings is 2. The van der Waals surface area contributed by atoms with Gasteiger partial charge in [0.15, 0.2) is 5.82 Å². The smallest absolute Gasteiger partial charge is 0.254 e. The van der Waals surface area contributed by atoms with E-state index >= 15 is 0 Å². The van der Waals surface area contributed by atoms with Crippen LogP contribution in [0.4, 0.5) is 0 Å². The second kappa shape index (κ2) is 7.55. The van der Waals surface area contributed by atoms with Gasteiger partial charge >= 0.3 is 0 Å². The lowest BCUT2D eigenvalue weighted by Crippen LogP contribution is -2.50. The molecule has 0 aliphatic carbocycles. The molecule has 1 aromatic carbocycles. The predicted molar refractivity (Wildman–Crippen MR) is 97.6 cm³/mol. The van der Waals surface area contributed by atoms with Gasteiger partial charge in [0.05, 0.1) is 11.7 Å². The Morgan fingerprint density at radius 2 is 1.96 bits per heavy atom. The van der Waals surface area contributed by atoms with Gasteiger partial charge in [-0.15, -0.1) is 0 Å². The molecule has 2 saturated heterocycles. The minimum absolute atomic E-state index is 0.0501. The highest BCUT2D eigenvalue weighted by atomic mass is 16.3. The van der Waals surface area contributed by atoms with Gasteiger partial charge in [0, 0.05) is 31.2 Å². The second-order valence-corrected chi connectivity index (χ2v) is 7.19. The summed E-state index contributed by atoms with van der Waals surface area (Å²) in [6.45, 7) is 3.33. The fourth-order valence-corrected chi connectivity index (χ4v) is 4.13. The summed E-state index contributed by atoms with van der Waals surface area (Å²) in [5.41, 5.74) is 1.45. The van der Waals surface area contributed by atoms with E-state index in [0.717, 1.165) is 57.4 Å². The Morgan fingerprint density at radius 1 is 1.15 bits per heavy atom. The molecule has 2 aliphatic heterocycles. The number of aromatic amines is 1. The average Bonchev–Trinajstić information content (AvgIpc) is 3.22. The van der Waals surface area contributed by atoms with Crippen LogP contribution in [0.3, 0.4) is 0 Å². The first kappa shape index (κ1) is 17.2. The largest absolute Gasteiger partial charge is 0.392 e. The first-order chi connectivity index (χ1) is 12.7. The van der Waals surface area contributed by atoms with Crippen LogP contribution in [0.1, 0.15) is 36.0 Å². The SMILES string of the molecule is O=C(c1ccccc1-c1ncn[nH]1)N1CCC(N2CCCC(O)C2)CC1. The van der Waals surface area contributed by atoms with E-state index in [2.05, 4.69) is 20.1 Å². The van der Waals surface area contributed by atoms with Crippen molar-refractivity contribution in [2.75, 3.05) is 26.2 Å². The Kier molecular flexibility index (Phi) is 4.99. The van der Waals surface area contributed by atoms with Crippen molar-refractivity contribution in [3.63, 3.8) is 0 Å². The number of aromatic nitrogens is 3. The molecule has 0 saturated carbocycles. The van der Waals surface area contributed by atoms with Crippen LogP contribution in [0, 0.1) is 0 Å². The Morgan fingerprint density at radius 3 is 2.69 bits per heavy atom. The molecule has 7 nitrogen and oxygen atoms in total. The van der Waals surface area contributed by atoms with Crippen molar-refractivity contribution < 1.29 is 9.90 Å². The predicted octanol–water partition coefficient (Wildman–Crippen LogP) is 1.53. The van der Waals surface area contributed by atoms with Crippen molar-refractivity contribution in [3.8, 4) is 11.4 Å². The van der Waals surface area contributed by atoms with Crippen LogP contribution in [0.2, 0.25) is 0 Å². The fraction of sp³-hybridized carbons (Fsp3) is 0.526. The summed E-state index contributed by atoms with van der Waals surface area (Å²) in [5.74, 6) is 0.667. The first-order valence-corrected chi connectivity index (χ1v) is 9.38. The molecule has 1 amide bonds. The summed E-state index contributed by atoms with van der Waals surface area (Å²) in [6.07, 6.45) is 5.15. The van der Waals surface area contributed by atoms with Crippen LogP contribution >= 0.6 is 0 Å². The highest BCUT2D eigenvalue weighted by Gasteiger charge is 2.30. The number of H-pyrrole nitrogens is 1. The van der Waals surface area contributed by atoms with Gasteiger partial charge < -0.3 is 10.0 Å². The monoisotopic (exact) mass is 355 g/mol. The molecule has 0 bridgehead atoms. The highest BCUT2D eigenvalue weighted by molar-refractivity contribution is 6.00. The number of hydrogen-bond acceptors (Lipinski definition) is 5. The topological polar surface area (TPSA) is 85.4 Å². The standard InChI is InChI=1S/C19H25N5O2/c25-15-4-3-9-24(12-15)14-7-10-23(11-8-14)19(26)17-6-2-1-5-16(17)18-20-13-21-22-18/h1-2,5-6,13-15,25H,3-4,7-12H2,(H,20,21,22). The quantitative estimate of drug-likeness (QED) is 0.872. The fourth-order valence-electron chi connectivity index (χ4n) is 4.13. The molecule has 26 heavy (non-hydrogen) atoms. The number of benzene rings is 1. The van der Waals surface area contributed by atoms with E-state index in [1.54, 1.807) is 0 Å². The molecule has 2 aromatic rings. The number of β-amino-alcohol motifs (C(OH)–C–C–N with tert-alkyl or cyclic N) is 1. The van der Waals surface area contributed by atoms with Gasteiger partial charge in [0.2, 0.25) is 0 Å². The van der Waals surface area contributed by atoms with Crippen molar-refractivity contribution in [1.82, 2.24) is 25.0 Å². The molecule has 7 heteroatoms. The number of aliphatic hydroxyl groups excluding tert-OH is 1. The molecule has 2 N–H and O–H groups in total. The molecule has 1 unspecified atom stereocenters. The first-order valence-electron chi connectivity index (χ1n) is 9.38. The molecule has 2 aliphatic rings. The molecule has 2 fully saturated rings. The van der Waals surface area contributed by atoms with Crippen LogP contribution in [-0.4, -0.2) is 74.3 Å². The summed E-state index contributed by atoms with van der Waals surface area (Å²) in [4.78, 5) is 21.6. The van der Waals surface area contributed by atoms with Crippen molar-refractivity contribution in [3.05, 3.63) is 36.2 Å². The number of likely N-dealkylation sites (tertiary alicyclic amines) is 2. The summed E-state index contributed by atoms with van der Waals surface area (Å²) in [5, 5.41) is 16.6. The van der Waals surface area contributed by atoms with Crippen LogP contribution in [0.5, 0.6) is 0 Å². The second-order valence-electron chi connectivity index (χ2n) is 7.19. The zero-order chi connectivity index (χ0) is 17.9. The number of amides is 1. The van der Waals surface area contributed by atoms with E-state index in [0.29, 0.717) is 17.4 Å². The maximum absolute atomic E-state index is 13.1. The Hall–Kier alpha value is -2.25. The summed E-state index contributed by atoms with van der Waals surface area (Å²) >= 11 is 0. The van der Waals surface area contributed by atoms with E-state index in [9.17, 15) is 9.90 Å². The number of nitrogens with zero attached hydrogens (tertiary/aromatic N) is 4. The van der Waals surface area contributed by atoms with Gasteiger partial charge in [-0.2, -0.15) is 5.10 Å². The third-order valence-corrected chi connectivity index (χ3v) is 5.52. The van der Waals surface area contributed by atoms with Crippen molar-refractivity contribution in [2.24, 2.45) is 0 Å².